The van der Waals surface area contributed by atoms with Crippen LogP contribution in [0.1, 0.15) is 83.6 Å². The zero-order valence-electron chi connectivity index (χ0n) is 19.8. The van der Waals surface area contributed by atoms with Crippen molar-refractivity contribution in [3.63, 3.8) is 0 Å². The monoisotopic (exact) mass is 458 g/mol. The van der Waals surface area contributed by atoms with Gasteiger partial charge in [-0.3, -0.25) is 0 Å². The molecule has 5 aliphatic rings. The summed E-state index contributed by atoms with van der Waals surface area (Å²) in [5.74, 6) is 1.76. The maximum absolute atomic E-state index is 14.2. The molecule has 33 heavy (non-hydrogen) atoms. The van der Waals surface area contributed by atoms with E-state index in [0.29, 0.717) is 29.6 Å². The molecule has 6 rings (SSSR count). The van der Waals surface area contributed by atoms with Gasteiger partial charge in [0.05, 0.1) is 6.42 Å². The number of fused-ring (bicyclic) bond motifs is 5. The summed E-state index contributed by atoms with van der Waals surface area (Å²) in [5, 5.41) is 0. The minimum Gasteiger partial charge on any atom is -0.230 e. The highest BCUT2D eigenvalue weighted by Crippen LogP contribution is 2.67. The minimum atomic E-state index is -4.47. The van der Waals surface area contributed by atoms with E-state index in [1.807, 2.05) is 0 Å². The summed E-state index contributed by atoms with van der Waals surface area (Å²) in [7, 11) is 0. The van der Waals surface area contributed by atoms with E-state index >= 15 is 0 Å². The number of likely N-dealkylation sites (tertiary alicyclic amines) is 1. The number of hydrogen-bond donors (Lipinski definition) is 0. The van der Waals surface area contributed by atoms with Crippen molar-refractivity contribution in [3.8, 4) is 0 Å². The lowest BCUT2D eigenvalue weighted by Gasteiger charge is -2.59. The molecule has 0 radical (unpaired) electrons. The molecule has 1 aromatic rings. The van der Waals surface area contributed by atoms with E-state index in [1.165, 1.54) is 37.8 Å². The van der Waals surface area contributed by atoms with E-state index in [-0.39, 0.29) is 27.5 Å². The molecule has 5 heteroatoms. The first-order valence-electron chi connectivity index (χ1n) is 12.9. The van der Waals surface area contributed by atoms with Gasteiger partial charge < -0.3 is 0 Å². The number of carbonyl (C=O) groups is 1. The van der Waals surface area contributed by atoms with Crippen molar-refractivity contribution in [2.75, 3.05) is 0 Å². The summed E-state index contributed by atoms with van der Waals surface area (Å²) in [6.07, 6.45) is 7.77. The number of alkyl halides is 3. The van der Waals surface area contributed by atoms with Crippen molar-refractivity contribution in [3.05, 3.63) is 41.6 Å². The van der Waals surface area contributed by atoms with Crippen LogP contribution in [0.2, 0.25) is 0 Å². The zero-order valence-corrected chi connectivity index (χ0v) is 19.8. The third-order valence-corrected chi connectivity index (χ3v) is 10.5. The van der Waals surface area contributed by atoms with Crippen LogP contribution in [0.25, 0.3) is 0 Å². The molecule has 178 valence electrons. The van der Waals surface area contributed by atoms with Crippen LogP contribution in [0.15, 0.2) is 36.0 Å². The number of allylic oxidation sites excluding steroid dienone is 2. The average Bonchev–Trinajstić information content (AvgIpc) is 3.54. The topological polar surface area (TPSA) is 17.1 Å². The first-order chi connectivity index (χ1) is 15.6. The first-order valence-corrected chi connectivity index (χ1v) is 12.9. The van der Waals surface area contributed by atoms with Crippen LogP contribution in [-0.4, -0.2) is 11.9 Å². The Balaban J connectivity index is 1.54. The predicted molar refractivity (Wildman–Crippen MR) is 123 cm³/mol. The molecule has 0 spiro atoms. The number of hydrogen-bond acceptors (Lipinski definition) is 1. The second-order valence-electron chi connectivity index (χ2n) is 12.1. The van der Waals surface area contributed by atoms with Crippen LogP contribution >= 0.6 is 0 Å². The van der Waals surface area contributed by atoms with E-state index in [4.69, 9.17) is 0 Å². The molecule has 1 amide bonds. The second kappa shape index (κ2) is 6.96. The third-order valence-electron chi connectivity index (χ3n) is 10.5. The van der Waals surface area contributed by atoms with Gasteiger partial charge in [0.1, 0.15) is 17.3 Å². The number of para-hydroxylation sites is 1. The molecule has 6 atom stereocenters. The Morgan fingerprint density at radius 1 is 0.970 bits per heavy atom. The molecular formula is C28H35F3NO+. The first kappa shape index (κ1) is 21.9. The largest absolute Gasteiger partial charge is 0.422 e. The second-order valence-corrected chi connectivity index (χ2v) is 12.1. The van der Waals surface area contributed by atoms with E-state index in [1.54, 1.807) is 12.1 Å². The summed E-state index contributed by atoms with van der Waals surface area (Å²) < 4.78 is 42.5. The smallest absolute Gasteiger partial charge is 0.230 e. The molecule has 1 heterocycles. The third kappa shape index (κ3) is 2.87. The van der Waals surface area contributed by atoms with Crippen molar-refractivity contribution >= 4 is 11.6 Å². The van der Waals surface area contributed by atoms with Crippen LogP contribution in [0.4, 0.5) is 18.9 Å². The summed E-state index contributed by atoms with van der Waals surface area (Å²) in [4.78, 5) is 13.8. The van der Waals surface area contributed by atoms with Gasteiger partial charge in [0, 0.05) is 24.3 Å². The molecular weight excluding hydrogens is 423 g/mol. The van der Waals surface area contributed by atoms with Gasteiger partial charge >= 0.3 is 12.1 Å². The fraction of sp³-hybridized carbons (Fsp3) is 0.679. The zero-order chi connectivity index (χ0) is 23.2. The highest BCUT2D eigenvalue weighted by atomic mass is 19.4. The Morgan fingerprint density at radius 2 is 1.73 bits per heavy atom. The van der Waals surface area contributed by atoms with E-state index in [0.717, 1.165) is 37.8 Å². The van der Waals surface area contributed by atoms with Gasteiger partial charge in [0.15, 0.2) is 5.69 Å². The lowest BCUT2D eigenvalue weighted by Crippen LogP contribution is -2.65. The molecule has 4 fully saturated rings. The van der Waals surface area contributed by atoms with Gasteiger partial charge in [-0.15, -0.1) is 0 Å². The lowest BCUT2D eigenvalue weighted by atomic mass is 9.49. The van der Waals surface area contributed by atoms with Crippen LogP contribution in [0, 0.1) is 28.6 Å². The normalized spacial score (nSPS) is 42.9. The fourth-order valence-corrected chi connectivity index (χ4v) is 8.95. The van der Waals surface area contributed by atoms with Crippen molar-refractivity contribution < 1.29 is 18.0 Å². The van der Waals surface area contributed by atoms with Crippen molar-refractivity contribution in [2.45, 2.75) is 90.3 Å². The Morgan fingerprint density at radius 3 is 2.45 bits per heavy atom. The van der Waals surface area contributed by atoms with Crippen LogP contribution in [0.5, 0.6) is 0 Å². The number of carbonyl (C=O) groups excluding carboxylic acids is 1. The number of nitrogens with zero attached hydrogens (tertiary/aromatic N) is 1. The van der Waals surface area contributed by atoms with E-state index in [2.05, 4.69) is 19.9 Å². The summed E-state index contributed by atoms with van der Waals surface area (Å²) in [6.45, 7) is 4.77. The molecule has 3 saturated carbocycles. The molecule has 4 aliphatic carbocycles. The van der Waals surface area contributed by atoms with Crippen molar-refractivity contribution in [1.82, 2.24) is 4.48 Å². The molecule has 1 aliphatic heterocycles. The predicted octanol–water partition coefficient (Wildman–Crippen LogP) is 7.62. The number of rotatable bonds is 2. The molecule has 0 N–H and O–H groups in total. The highest BCUT2D eigenvalue weighted by Gasteiger charge is 2.67. The summed E-state index contributed by atoms with van der Waals surface area (Å²) in [6, 6.07) is 5.85. The summed E-state index contributed by atoms with van der Waals surface area (Å²) in [5.41, 5.74) is 0.765. The molecule has 1 saturated heterocycles. The van der Waals surface area contributed by atoms with Gasteiger partial charge in [0.25, 0.3) is 0 Å². The van der Waals surface area contributed by atoms with Gasteiger partial charge in [-0.05, 0) is 73.8 Å². The number of amides is 1. The minimum absolute atomic E-state index is 0.0297. The SMILES string of the molecule is C[C@@]12CCC[C@H]1[C@@H]1CC=C3[C@](C)(CCC(=O)[N+]3(c3ccccc3C(F)(F)F)C3CC3)[C@H]1CC2. The molecule has 0 aromatic heterocycles. The molecule has 0 bridgehead atoms. The number of halogens is 3. The number of benzene rings is 1. The van der Waals surface area contributed by atoms with Gasteiger partial charge in [-0.2, -0.15) is 17.7 Å². The van der Waals surface area contributed by atoms with Crippen LogP contribution in [0.3, 0.4) is 0 Å². The summed E-state index contributed by atoms with van der Waals surface area (Å²) >= 11 is 0. The highest BCUT2D eigenvalue weighted by molar-refractivity contribution is 5.95. The quantitative estimate of drug-likeness (QED) is 0.417. The van der Waals surface area contributed by atoms with Crippen molar-refractivity contribution in [1.29, 1.82) is 0 Å². The lowest BCUT2D eigenvalue weighted by molar-refractivity contribution is -0.142. The van der Waals surface area contributed by atoms with Gasteiger partial charge in [0.2, 0.25) is 0 Å². The number of quaternary nitrogens is 1. The Hall–Kier alpha value is -1.62. The maximum atomic E-state index is 14.2. The fourth-order valence-electron chi connectivity index (χ4n) is 8.95. The van der Waals surface area contributed by atoms with Crippen molar-refractivity contribution in [2.24, 2.45) is 28.6 Å². The average molecular weight is 459 g/mol. The molecule has 1 aromatic carbocycles. The number of piperidine rings is 1. The van der Waals surface area contributed by atoms with Gasteiger partial charge in [-0.1, -0.05) is 32.4 Å². The van der Waals surface area contributed by atoms with Crippen LogP contribution < -0.4 is 4.48 Å². The molecule has 2 nitrogen and oxygen atoms in total. The Bertz CT molecular complexity index is 1030. The maximum Gasteiger partial charge on any atom is 0.422 e. The van der Waals surface area contributed by atoms with E-state index in [9.17, 15) is 18.0 Å². The van der Waals surface area contributed by atoms with Gasteiger partial charge in [-0.25, -0.2) is 4.79 Å². The van der Waals surface area contributed by atoms with Crippen LogP contribution in [-0.2, 0) is 11.0 Å². The Labute approximate surface area is 194 Å². The van der Waals surface area contributed by atoms with E-state index < -0.39 is 11.7 Å². The standard InChI is InChI=1S/C28H35F3NO/c1-26-15-5-7-20(26)19-11-12-24-27(2,21(19)13-16-26)17-14-25(33)32(24,18-9-10-18)23-8-4-3-6-22(23)28(29,30)31/h3-4,6,8,12,18-21H,5,7,9-11,13-17H2,1-2H3/q+1/t19-,20-,21-,26-,27+,32?/m0/s1. The Kier molecular flexibility index (Phi) is 4.62. The molecule has 1 unspecified atom stereocenters.